The molecule has 1 N–H and O–H groups in total. The van der Waals surface area contributed by atoms with Gasteiger partial charge in [-0.1, -0.05) is 30.3 Å². The highest BCUT2D eigenvalue weighted by atomic mass is 32.2. The van der Waals surface area contributed by atoms with Crippen molar-refractivity contribution >= 4 is 15.7 Å². The van der Waals surface area contributed by atoms with E-state index in [-0.39, 0.29) is 16.6 Å². The molecule has 0 unspecified atom stereocenters. The van der Waals surface area contributed by atoms with E-state index in [9.17, 15) is 21.6 Å². The highest BCUT2D eigenvalue weighted by Crippen LogP contribution is 2.30. The van der Waals surface area contributed by atoms with Gasteiger partial charge in [0.25, 0.3) is 10.0 Å². The third-order valence-electron chi connectivity index (χ3n) is 3.84. The number of aromatic nitrogens is 2. The number of anilines is 1. The molecule has 0 aliphatic rings. The van der Waals surface area contributed by atoms with E-state index in [1.807, 2.05) is 18.6 Å². The van der Waals surface area contributed by atoms with E-state index in [0.717, 1.165) is 6.07 Å². The summed E-state index contributed by atoms with van der Waals surface area (Å²) in [5.74, 6) is -4.78. The normalized spacial score (nSPS) is 11.8. The van der Waals surface area contributed by atoms with Crippen LogP contribution in [0.3, 0.4) is 0 Å². The Morgan fingerprint density at radius 3 is 2.30 bits per heavy atom. The van der Waals surface area contributed by atoms with Crippen LogP contribution in [0.2, 0.25) is 0 Å². The number of sulfonamides is 1. The number of rotatable bonds is 5. The first-order chi connectivity index (χ1) is 12.7. The molecule has 0 spiro atoms. The Labute approximate surface area is 154 Å². The quantitative estimate of drug-likeness (QED) is 0.654. The third kappa shape index (κ3) is 3.68. The van der Waals surface area contributed by atoms with Gasteiger partial charge in [0, 0.05) is 17.8 Å². The molecule has 0 radical (unpaired) electrons. The molecule has 2 aromatic carbocycles. The van der Waals surface area contributed by atoms with Crippen LogP contribution in [-0.4, -0.2) is 18.2 Å². The average molecular weight is 395 g/mol. The van der Waals surface area contributed by atoms with Crippen molar-refractivity contribution in [3.8, 4) is 11.3 Å². The van der Waals surface area contributed by atoms with E-state index in [0.29, 0.717) is 11.6 Å². The predicted octanol–water partition coefficient (Wildman–Crippen LogP) is 4.35. The number of benzene rings is 2. The lowest BCUT2D eigenvalue weighted by Gasteiger charge is -2.09. The fraction of sp³-hybridized carbons (Fsp3) is 0.167. The average Bonchev–Trinajstić information content (AvgIpc) is 3.10. The summed E-state index contributed by atoms with van der Waals surface area (Å²) in [6.07, 6.45) is 1.31. The van der Waals surface area contributed by atoms with E-state index in [1.54, 1.807) is 30.3 Å². The zero-order chi connectivity index (χ0) is 19.8. The van der Waals surface area contributed by atoms with Crippen LogP contribution in [0.4, 0.5) is 18.9 Å². The number of hydrogen-bond acceptors (Lipinski definition) is 3. The molecule has 27 heavy (non-hydrogen) atoms. The Morgan fingerprint density at radius 2 is 1.67 bits per heavy atom. The molecule has 9 heteroatoms. The minimum Gasteiger partial charge on any atom is -0.276 e. The van der Waals surface area contributed by atoms with Crippen molar-refractivity contribution in [2.45, 2.75) is 24.8 Å². The minimum atomic E-state index is -4.32. The summed E-state index contributed by atoms with van der Waals surface area (Å²) >= 11 is 0. The summed E-state index contributed by atoms with van der Waals surface area (Å²) in [6.45, 7) is 3.64. The molecule has 0 fully saturated rings. The zero-order valence-corrected chi connectivity index (χ0v) is 15.3. The van der Waals surface area contributed by atoms with E-state index >= 15 is 0 Å². The van der Waals surface area contributed by atoms with Crippen LogP contribution in [-0.2, 0) is 10.0 Å². The van der Waals surface area contributed by atoms with Crippen molar-refractivity contribution in [2.24, 2.45) is 0 Å². The molecule has 0 aliphatic carbocycles. The molecule has 1 heterocycles. The van der Waals surface area contributed by atoms with Gasteiger partial charge in [0.1, 0.15) is 10.6 Å². The fourth-order valence-corrected chi connectivity index (χ4v) is 3.65. The van der Waals surface area contributed by atoms with Crippen LogP contribution in [0.25, 0.3) is 11.3 Å². The summed E-state index contributed by atoms with van der Waals surface area (Å²) in [5.41, 5.74) is 0.0213. The Kier molecular flexibility index (Phi) is 4.97. The maximum absolute atomic E-state index is 13.9. The summed E-state index contributed by atoms with van der Waals surface area (Å²) < 4.78 is 69.5. The first-order valence-corrected chi connectivity index (χ1v) is 9.50. The smallest absolute Gasteiger partial charge is 0.265 e. The monoisotopic (exact) mass is 395 g/mol. The largest absolute Gasteiger partial charge is 0.276 e. The summed E-state index contributed by atoms with van der Waals surface area (Å²) in [4.78, 5) is -0.202. The van der Waals surface area contributed by atoms with Gasteiger partial charge in [-0.2, -0.15) is 5.10 Å². The first-order valence-electron chi connectivity index (χ1n) is 8.01. The van der Waals surface area contributed by atoms with Gasteiger partial charge in [0.15, 0.2) is 17.5 Å². The van der Waals surface area contributed by atoms with E-state index in [1.165, 1.54) is 10.9 Å². The molecule has 1 aromatic heterocycles. The van der Waals surface area contributed by atoms with Gasteiger partial charge >= 0.3 is 0 Å². The van der Waals surface area contributed by atoms with E-state index in [2.05, 4.69) is 5.10 Å². The fourth-order valence-electron chi connectivity index (χ4n) is 2.44. The Balaban J connectivity index is 2.11. The van der Waals surface area contributed by atoms with E-state index in [4.69, 9.17) is 0 Å². The molecule has 5 nitrogen and oxygen atoms in total. The molecule has 0 amide bonds. The van der Waals surface area contributed by atoms with Crippen molar-refractivity contribution in [3.05, 3.63) is 66.1 Å². The molecular weight excluding hydrogens is 379 g/mol. The Morgan fingerprint density at radius 1 is 1.00 bits per heavy atom. The second-order valence-corrected chi connectivity index (χ2v) is 7.76. The van der Waals surface area contributed by atoms with E-state index < -0.39 is 33.2 Å². The van der Waals surface area contributed by atoms with Crippen molar-refractivity contribution in [3.63, 3.8) is 0 Å². The third-order valence-corrected chi connectivity index (χ3v) is 5.21. The Bertz CT molecular complexity index is 1080. The van der Waals surface area contributed by atoms with Crippen LogP contribution in [0.15, 0.2) is 53.6 Å². The number of halogens is 3. The van der Waals surface area contributed by atoms with Crippen LogP contribution >= 0.6 is 0 Å². The van der Waals surface area contributed by atoms with Gasteiger partial charge in [-0.05, 0) is 26.0 Å². The van der Waals surface area contributed by atoms with Crippen molar-refractivity contribution in [2.75, 3.05) is 4.72 Å². The van der Waals surface area contributed by atoms with Gasteiger partial charge in [-0.25, -0.2) is 21.6 Å². The lowest BCUT2D eigenvalue weighted by Crippen LogP contribution is -2.15. The number of hydrogen-bond donors (Lipinski definition) is 1. The lowest BCUT2D eigenvalue weighted by molar-refractivity contribution is 0.449. The second-order valence-electron chi connectivity index (χ2n) is 6.11. The zero-order valence-electron chi connectivity index (χ0n) is 14.4. The molecular formula is C18H16F3N3O2S. The molecule has 0 saturated carbocycles. The molecule has 3 aromatic rings. The van der Waals surface area contributed by atoms with Gasteiger partial charge in [-0.3, -0.25) is 9.40 Å². The minimum absolute atomic E-state index is 0.128. The highest BCUT2D eigenvalue weighted by molar-refractivity contribution is 7.92. The van der Waals surface area contributed by atoms with Crippen molar-refractivity contribution in [1.82, 2.24) is 9.78 Å². The standard InChI is InChI=1S/C18H16F3N3O2S/c1-11(2)24-10-15(18(22-24)12-6-4-3-5-7-12)27(25,26)23-14-9-8-13(19)16(20)17(14)21/h3-11,23H,1-2H3. The van der Waals surface area contributed by atoms with Crippen molar-refractivity contribution < 1.29 is 21.6 Å². The number of nitrogens with zero attached hydrogens (tertiary/aromatic N) is 2. The maximum atomic E-state index is 13.9. The lowest BCUT2D eigenvalue weighted by atomic mass is 10.2. The van der Waals surface area contributed by atoms with Gasteiger partial charge in [-0.15, -0.1) is 0 Å². The van der Waals surface area contributed by atoms with Gasteiger partial charge in [0.2, 0.25) is 0 Å². The van der Waals surface area contributed by atoms with Crippen molar-refractivity contribution in [1.29, 1.82) is 0 Å². The summed E-state index contributed by atoms with van der Waals surface area (Å²) in [6, 6.07) is 9.93. The van der Waals surface area contributed by atoms with Crippen LogP contribution in [0.5, 0.6) is 0 Å². The topological polar surface area (TPSA) is 64.0 Å². The predicted molar refractivity (Wildman–Crippen MR) is 95.2 cm³/mol. The SMILES string of the molecule is CC(C)n1cc(S(=O)(=O)Nc2ccc(F)c(F)c2F)c(-c2ccccc2)n1. The molecule has 0 aliphatic heterocycles. The second kappa shape index (κ2) is 7.07. The van der Waals surface area contributed by atoms with Gasteiger partial charge < -0.3 is 0 Å². The van der Waals surface area contributed by atoms with Crippen LogP contribution in [0.1, 0.15) is 19.9 Å². The summed E-state index contributed by atoms with van der Waals surface area (Å²) in [7, 11) is -4.32. The molecule has 3 rings (SSSR count). The molecule has 142 valence electrons. The van der Waals surface area contributed by atoms with Crippen LogP contribution in [0, 0.1) is 17.5 Å². The Hall–Kier alpha value is -2.81. The molecule has 0 saturated heterocycles. The number of nitrogens with one attached hydrogen (secondary N) is 1. The first kappa shape index (κ1) is 19.0. The van der Waals surface area contributed by atoms with Gasteiger partial charge in [0.05, 0.1) is 5.69 Å². The maximum Gasteiger partial charge on any atom is 0.265 e. The molecule has 0 atom stereocenters. The molecule has 0 bridgehead atoms. The summed E-state index contributed by atoms with van der Waals surface area (Å²) in [5, 5.41) is 4.31. The highest BCUT2D eigenvalue weighted by Gasteiger charge is 2.26. The van der Waals surface area contributed by atoms with Crippen LogP contribution < -0.4 is 4.72 Å².